The molecule has 0 saturated carbocycles. The fourth-order valence-electron chi connectivity index (χ4n) is 5.45. The lowest BCUT2D eigenvalue weighted by Crippen LogP contribution is -2.54. The van der Waals surface area contributed by atoms with Crippen LogP contribution in [0.25, 0.3) is 0 Å². The number of nitrogens with zero attached hydrogens (tertiary/aromatic N) is 5. The van der Waals surface area contributed by atoms with Gasteiger partial charge in [0.1, 0.15) is 15.9 Å². The van der Waals surface area contributed by atoms with Crippen LogP contribution in [0.1, 0.15) is 50.8 Å². The lowest BCUT2D eigenvalue weighted by Gasteiger charge is -2.36. The molecule has 11 nitrogen and oxygen atoms in total. The van der Waals surface area contributed by atoms with Gasteiger partial charge < -0.3 is 20.3 Å². The third-order valence-electron chi connectivity index (χ3n) is 7.23. The first kappa shape index (κ1) is 27.1. The van der Waals surface area contributed by atoms with Crippen LogP contribution in [-0.2, 0) is 16.1 Å². The molecule has 3 aromatic rings. The van der Waals surface area contributed by atoms with Crippen molar-refractivity contribution in [2.75, 3.05) is 18.0 Å². The van der Waals surface area contributed by atoms with E-state index in [1.165, 1.54) is 11.8 Å². The van der Waals surface area contributed by atoms with E-state index in [4.69, 9.17) is 4.74 Å². The lowest BCUT2D eigenvalue weighted by atomic mass is 9.99. The molecule has 12 heteroatoms. The number of carbonyl (C=O) groups excluding carboxylic acids is 3. The second-order valence-corrected chi connectivity index (χ2v) is 12.6. The molecule has 214 valence electrons. The molecule has 2 aromatic heterocycles. The highest BCUT2D eigenvalue weighted by Crippen LogP contribution is 2.50. The number of hydrogen-bond acceptors (Lipinski definition) is 7. The van der Waals surface area contributed by atoms with Crippen molar-refractivity contribution in [2.24, 2.45) is 0 Å². The Morgan fingerprint density at radius 3 is 2.76 bits per heavy atom. The standard InChI is InChI=1S/C29H33N7O4S/c1-29(2,3)40-28(39)34-14-7-10-19(17-34)31-25(37)24-23-22-20(11-13-30-26(22)41-24)36(27(38)32-23)21-12-15-35(33-21)16-18-8-5-4-6-9-18/h4-6,8-9,11-13,15,19,23-24H,7,10,14,16-17H2,1-3H3,(H,31,37)(H,32,38)/t19-,23?,24?/m1/s1. The average molecular weight is 576 g/mol. The maximum Gasteiger partial charge on any atom is 0.410 e. The summed E-state index contributed by atoms with van der Waals surface area (Å²) in [6, 6.07) is 12.5. The zero-order chi connectivity index (χ0) is 28.7. The van der Waals surface area contributed by atoms with Gasteiger partial charge in [-0.15, -0.1) is 0 Å². The van der Waals surface area contributed by atoms with Gasteiger partial charge in [0.15, 0.2) is 5.82 Å². The second kappa shape index (κ2) is 10.7. The molecule has 1 aromatic carbocycles. The molecule has 1 fully saturated rings. The highest BCUT2D eigenvalue weighted by Gasteiger charge is 2.47. The van der Waals surface area contributed by atoms with E-state index in [1.54, 1.807) is 32.8 Å². The summed E-state index contributed by atoms with van der Waals surface area (Å²) in [7, 11) is 0. The van der Waals surface area contributed by atoms with E-state index in [0.717, 1.165) is 24.0 Å². The third kappa shape index (κ3) is 5.61. The van der Waals surface area contributed by atoms with Gasteiger partial charge in [-0.05, 0) is 45.2 Å². The van der Waals surface area contributed by atoms with E-state index < -0.39 is 16.9 Å². The number of ether oxygens (including phenoxy) is 1. The Labute approximate surface area is 242 Å². The van der Waals surface area contributed by atoms with Crippen LogP contribution in [0.2, 0.25) is 0 Å². The van der Waals surface area contributed by atoms with Crippen LogP contribution in [0.5, 0.6) is 0 Å². The number of nitrogens with one attached hydrogen (secondary N) is 2. The van der Waals surface area contributed by atoms with Gasteiger partial charge in [0.25, 0.3) is 0 Å². The molecular weight excluding hydrogens is 542 g/mol. The van der Waals surface area contributed by atoms with Crippen LogP contribution in [0, 0.1) is 0 Å². The normalized spacial score (nSPS) is 21.7. The van der Waals surface area contributed by atoms with Gasteiger partial charge >= 0.3 is 12.1 Å². The van der Waals surface area contributed by atoms with Crippen molar-refractivity contribution >= 4 is 41.3 Å². The number of amides is 4. The number of thioether (sulfide) groups is 1. The predicted octanol–water partition coefficient (Wildman–Crippen LogP) is 4.22. The van der Waals surface area contributed by atoms with Crippen molar-refractivity contribution in [1.82, 2.24) is 30.3 Å². The molecule has 4 amide bonds. The molecule has 0 radical (unpaired) electrons. The third-order valence-corrected chi connectivity index (χ3v) is 8.52. The number of hydrogen-bond donors (Lipinski definition) is 2. The minimum atomic E-state index is -0.586. The number of benzene rings is 1. The van der Waals surface area contributed by atoms with E-state index in [0.29, 0.717) is 36.2 Å². The number of aromatic nitrogens is 3. The van der Waals surface area contributed by atoms with Gasteiger partial charge in [-0.2, -0.15) is 5.10 Å². The topological polar surface area (TPSA) is 122 Å². The Bertz CT molecular complexity index is 1470. The SMILES string of the molecule is CC(C)(C)OC(=O)N1CCC[C@@H](NC(=O)C2Sc3nccc4c3C2NC(=O)N4c2ccn(Cc3ccccc3)n2)C1. The monoisotopic (exact) mass is 575 g/mol. The fourth-order valence-corrected chi connectivity index (χ4v) is 6.69. The molecule has 0 aliphatic carbocycles. The maximum absolute atomic E-state index is 13.6. The van der Waals surface area contributed by atoms with Crippen molar-refractivity contribution in [3.05, 3.63) is 66.0 Å². The number of carbonyl (C=O) groups is 3. The number of piperidine rings is 1. The fraction of sp³-hybridized carbons (Fsp3) is 0.414. The molecule has 0 bridgehead atoms. The molecule has 3 aliphatic heterocycles. The summed E-state index contributed by atoms with van der Waals surface area (Å²) >= 11 is 1.35. The summed E-state index contributed by atoms with van der Waals surface area (Å²) in [5, 5.41) is 10.9. The van der Waals surface area contributed by atoms with E-state index >= 15 is 0 Å². The highest BCUT2D eigenvalue weighted by molar-refractivity contribution is 8.01. The molecule has 2 N–H and O–H groups in total. The van der Waals surface area contributed by atoms with Gasteiger partial charge in [-0.3, -0.25) is 9.48 Å². The van der Waals surface area contributed by atoms with Crippen molar-refractivity contribution in [3.8, 4) is 0 Å². The van der Waals surface area contributed by atoms with Crippen molar-refractivity contribution in [2.45, 2.75) is 68.1 Å². The van der Waals surface area contributed by atoms with Crippen LogP contribution >= 0.6 is 11.8 Å². The summed E-state index contributed by atoms with van der Waals surface area (Å²) in [5.41, 5.74) is 2.00. The zero-order valence-corrected chi connectivity index (χ0v) is 24.1. The van der Waals surface area contributed by atoms with Gasteiger partial charge in [0.05, 0.1) is 18.3 Å². The van der Waals surface area contributed by atoms with E-state index in [-0.39, 0.29) is 24.1 Å². The number of urea groups is 1. The first-order valence-corrected chi connectivity index (χ1v) is 14.7. The van der Waals surface area contributed by atoms with E-state index in [1.807, 2.05) is 57.3 Å². The highest BCUT2D eigenvalue weighted by atomic mass is 32.2. The molecule has 1 saturated heterocycles. The van der Waals surface area contributed by atoms with Gasteiger partial charge in [0, 0.05) is 43.2 Å². The number of rotatable bonds is 5. The van der Waals surface area contributed by atoms with Crippen molar-refractivity contribution in [1.29, 1.82) is 0 Å². The Morgan fingerprint density at radius 2 is 1.98 bits per heavy atom. The smallest absolute Gasteiger partial charge is 0.410 e. The zero-order valence-electron chi connectivity index (χ0n) is 23.2. The number of pyridine rings is 1. The lowest BCUT2D eigenvalue weighted by molar-refractivity contribution is -0.122. The van der Waals surface area contributed by atoms with Crippen LogP contribution in [0.3, 0.4) is 0 Å². The molecule has 6 rings (SSSR count). The van der Waals surface area contributed by atoms with Gasteiger partial charge in [-0.1, -0.05) is 42.1 Å². The molecule has 3 aliphatic rings. The first-order chi connectivity index (χ1) is 19.7. The first-order valence-electron chi connectivity index (χ1n) is 13.8. The summed E-state index contributed by atoms with van der Waals surface area (Å²) in [6.07, 6.45) is 4.65. The van der Waals surface area contributed by atoms with Crippen LogP contribution in [0.15, 0.2) is 59.9 Å². The van der Waals surface area contributed by atoms with Crippen molar-refractivity contribution < 1.29 is 19.1 Å². The summed E-state index contributed by atoms with van der Waals surface area (Å²) in [4.78, 5) is 47.3. The van der Waals surface area contributed by atoms with E-state index in [2.05, 4.69) is 20.7 Å². The summed E-state index contributed by atoms with van der Waals surface area (Å²) < 4.78 is 7.31. The summed E-state index contributed by atoms with van der Waals surface area (Å²) in [5.74, 6) is 0.300. The Morgan fingerprint density at radius 1 is 1.17 bits per heavy atom. The Kier molecular flexibility index (Phi) is 7.10. The molecule has 2 unspecified atom stereocenters. The van der Waals surface area contributed by atoms with Crippen LogP contribution in [-0.4, -0.2) is 67.7 Å². The average Bonchev–Trinajstić information content (AvgIpc) is 3.54. The Hall–Kier alpha value is -4.06. The molecular formula is C29H33N7O4S. The van der Waals surface area contributed by atoms with Crippen LogP contribution < -0.4 is 15.5 Å². The van der Waals surface area contributed by atoms with Crippen LogP contribution in [0.4, 0.5) is 21.1 Å². The molecule has 0 spiro atoms. The Balaban J connectivity index is 1.17. The molecule has 41 heavy (non-hydrogen) atoms. The second-order valence-electron chi connectivity index (χ2n) is 11.5. The maximum atomic E-state index is 13.6. The molecule has 3 atom stereocenters. The number of likely N-dealkylation sites (tertiary alicyclic amines) is 1. The predicted molar refractivity (Wildman–Crippen MR) is 154 cm³/mol. The number of anilines is 2. The van der Waals surface area contributed by atoms with Crippen molar-refractivity contribution in [3.63, 3.8) is 0 Å². The van der Waals surface area contributed by atoms with Gasteiger partial charge in [-0.25, -0.2) is 19.5 Å². The quantitative estimate of drug-likeness (QED) is 0.467. The minimum Gasteiger partial charge on any atom is -0.444 e. The minimum absolute atomic E-state index is 0.194. The largest absolute Gasteiger partial charge is 0.444 e. The van der Waals surface area contributed by atoms with Gasteiger partial charge in [0.2, 0.25) is 5.91 Å². The van der Waals surface area contributed by atoms with E-state index in [9.17, 15) is 14.4 Å². The molecule has 5 heterocycles. The summed E-state index contributed by atoms with van der Waals surface area (Å²) in [6.45, 7) is 7.06.